The molecule has 0 aliphatic carbocycles. The van der Waals surface area contributed by atoms with Crippen LogP contribution in [-0.2, 0) is 0 Å². The van der Waals surface area contributed by atoms with E-state index in [1.54, 1.807) is 0 Å². The molecule has 0 fully saturated rings. The summed E-state index contributed by atoms with van der Waals surface area (Å²) in [6.07, 6.45) is 0.623. The number of rotatable bonds is 1. The van der Waals surface area contributed by atoms with Crippen molar-refractivity contribution in [2.24, 2.45) is 5.73 Å². The Morgan fingerprint density at radius 1 is 1.20 bits per heavy atom. The van der Waals surface area contributed by atoms with Crippen LogP contribution < -0.4 is 10.5 Å². The molecule has 1 aliphatic rings. The molecule has 1 heterocycles. The van der Waals surface area contributed by atoms with E-state index >= 15 is 0 Å². The number of halogens is 2. The SMILES string of the molecule is Cc1ccc2c(c1)[C@H](N)CC(c1cc(Br)ccc1Cl)O2. The van der Waals surface area contributed by atoms with E-state index in [2.05, 4.69) is 28.9 Å². The molecule has 2 aromatic rings. The Morgan fingerprint density at radius 3 is 2.80 bits per heavy atom. The van der Waals surface area contributed by atoms with Crippen molar-refractivity contribution >= 4 is 27.5 Å². The maximum atomic E-state index is 6.30. The fourth-order valence-corrected chi connectivity index (χ4v) is 3.19. The Kier molecular flexibility index (Phi) is 3.76. The van der Waals surface area contributed by atoms with Crippen molar-refractivity contribution in [3.63, 3.8) is 0 Å². The van der Waals surface area contributed by atoms with Crippen LogP contribution in [0.15, 0.2) is 40.9 Å². The van der Waals surface area contributed by atoms with Crippen molar-refractivity contribution in [3.8, 4) is 5.75 Å². The molecule has 1 aliphatic heterocycles. The fourth-order valence-electron chi connectivity index (χ4n) is 2.58. The van der Waals surface area contributed by atoms with Gasteiger partial charge in [-0.05, 0) is 31.2 Å². The second-order valence-corrected chi connectivity index (χ2v) is 6.48. The van der Waals surface area contributed by atoms with Gasteiger partial charge in [-0.15, -0.1) is 0 Å². The number of benzene rings is 2. The third-order valence-corrected chi connectivity index (χ3v) is 4.44. The smallest absolute Gasteiger partial charge is 0.127 e. The van der Waals surface area contributed by atoms with E-state index in [0.29, 0.717) is 5.02 Å². The van der Waals surface area contributed by atoms with Crippen LogP contribution in [0.25, 0.3) is 0 Å². The van der Waals surface area contributed by atoms with Gasteiger partial charge in [0.1, 0.15) is 11.9 Å². The highest BCUT2D eigenvalue weighted by atomic mass is 79.9. The highest BCUT2D eigenvalue weighted by molar-refractivity contribution is 9.10. The van der Waals surface area contributed by atoms with E-state index in [9.17, 15) is 0 Å². The topological polar surface area (TPSA) is 35.2 Å². The standard InChI is InChI=1S/C16H15BrClNO/c1-9-2-5-15-12(6-9)14(19)8-16(20-15)11-7-10(17)3-4-13(11)18/h2-7,14,16H,8,19H2,1H3/t14-,16?/m1/s1. The van der Waals surface area contributed by atoms with Gasteiger partial charge >= 0.3 is 0 Å². The van der Waals surface area contributed by atoms with Crippen LogP contribution in [0, 0.1) is 6.92 Å². The molecule has 0 bridgehead atoms. The summed E-state index contributed by atoms with van der Waals surface area (Å²) in [6.45, 7) is 2.06. The number of aryl methyl sites for hydroxylation is 1. The van der Waals surface area contributed by atoms with Crippen LogP contribution >= 0.6 is 27.5 Å². The van der Waals surface area contributed by atoms with Gasteiger partial charge in [0.25, 0.3) is 0 Å². The third-order valence-electron chi connectivity index (χ3n) is 3.61. The predicted molar refractivity (Wildman–Crippen MR) is 85.2 cm³/mol. The van der Waals surface area contributed by atoms with Crippen molar-refractivity contribution in [2.45, 2.75) is 25.5 Å². The lowest BCUT2D eigenvalue weighted by molar-refractivity contribution is 0.161. The van der Waals surface area contributed by atoms with Crippen LogP contribution in [0.5, 0.6) is 5.75 Å². The average Bonchev–Trinajstić information content (AvgIpc) is 2.42. The zero-order chi connectivity index (χ0) is 14.3. The van der Waals surface area contributed by atoms with E-state index in [1.165, 1.54) is 5.56 Å². The zero-order valence-corrected chi connectivity index (χ0v) is 13.4. The highest BCUT2D eigenvalue weighted by Crippen LogP contribution is 2.42. The normalized spacial score (nSPS) is 21.2. The Balaban J connectivity index is 1.99. The van der Waals surface area contributed by atoms with Crippen LogP contribution in [-0.4, -0.2) is 0 Å². The lowest BCUT2D eigenvalue weighted by atomic mass is 9.92. The Labute approximate surface area is 132 Å². The highest BCUT2D eigenvalue weighted by Gasteiger charge is 2.28. The molecule has 0 radical (unpaired) electrons. The van der Waals surface area contributed by atoms with Gasteiger partial charge in [-0.2, -0.15) is 0 Å². The molecule has 3 rings (SSSR count). The molecular weight excluding hydrogens is 338 g/mol. The van der Waals surface area contributed by atoms with Crippen molar-refractivity contribution in [1.82, 2.24) is 0 Å². The molecule has 0 aromatic heterocycles. The van der Waals surface area contributed by atoms with E-state index in [0.717, 1.165) is 27.8 Å². The van der Waals surface area contributed by atoms with E-state index in [-0.39, 0.29) is 12.1 Å². The Bertz CT molecular complexity index is 659. The van der Waals surface area contributed by atoms with Crippen molar-refractivity contribution in [1.29, 1.82) is 0 Å². The second-order valence-electron chi connectivity index (χ2n) is 5.16. The van der Waals surface area contributed by atoms with Gasteiger partial charge in [0.2, 0.25) is 0 Å². The minimum atomic E-state index is -0.106. The summed E-state index contributed by atoms with van der Waals surface area (Å²) < 4.78 is 7.08. The van der Waals surface area contributed by atoms with Crippen molar-refractivity contribution in [2.75, 3.05) is 0 Å². The maximum Gasteiger partial charge on any atom is 0.127 e. The first-order chi connectivity index (χ1) is 9.54. The molecule has 0 saturated carbocycles. The first-order valence-electron chi connectivity index (χ1n) is 6.52. The van der Waals surface area contributed by atoms with E-state index in [4.69, 9.17) is 22.1 Å². The van der Waals surface area contributed by atoms with E-state index in [1.807, 2.05) is 30.3 Å². The number of nitrogens with two attached hydrogens (primary N) is 1. The molecule has 2 nitrogen and oxygen atoms in total. The van der Waals surface area contributed by atoms with Crippen molar-refractivity contribution < 1.29 is 4.74 Å². The van der Waals surface area contributed by atoms with E-state index < -0.39 is 0 Å². The average molecular weight is 353 g/mol. The quantitative estimate of drug-likeness (QED) is 0.789. The first kappa shape index (κ1) is 13.9. The molecule has 0 saturated heterocycles. The Morgan fingerprint density at radius 2 is 2.00 bits per heavy atom. The summed E-state index contributed by atoms with van der Waals surface area (Å²) in [4.78, 5) is 0. The van der Waals surface area contributed by atoms with Gasteiger partial charge < -0.3 is 10.5 Å². The summed E-state index contributed by atoms with van der Waals surface area (Å²) in [7, 11) is 0. The number of hydrogen-bond donors (Lipinski definition) is 1. The molecule has 104 valence electrons. The molecule has 2 atom stereocenters. The fraction of sp³-hybridized carbons (Fsp3) is 0.250. The number of ether oxygens (including phenoxy) is 1. The van der Waals surface area contributed by atoms with Gasteiger partial charge in [0.15, 0.2) is 0 Å². The minimum Gasteiger partial charge on any atom is -0.485 e. The number of fused-ring (bicyclic) bond motifs is 1. The van der Waals surface area contributed by atoms with Gasteiger partial charge in [0, 0.05) is 33.1 Å². The summed E-state index contributed by atoms with van der Waals surface area (Å²) in [5.74, 6) is 0.857. The van der Waals surface area contributed by atoms with Crippen LogP contribution in [0.4, 0.5) is 0 Å². The molecule has 1 unspecified atom stereocenters. The largest absolute Gasteiger partial charge is 0.485 e. The monoisotopic (exact) mass is 351 g/mol. The van der Waals surface area contributed by atoms with Gasteiger partial charge in [-0.1, -0.05) is 45.2 Å². The molecule has 2 N–H and O–H groups in total. The molecule has 4 heteroatoms. The molecule has 2 aromatic carbocycles. The van der Waals surface area contributed by atoms with Gasteiger partial charge in [-0.25, -0.2) is 0 Å². The second kappa shape index (κ2) is 5.40. The van der Waals surface area contributed by atoms with Crippen LogP contribution in [0.1, 0.15) is 35.3 Å². The lowest BCUT2D eigenvalue weighted by Crippen LogP contribution is -2.24. The third kappa shape index (κ3) is 2.58. The summed E-state index contributed by atoms with van der Waals surface area (Å²) in [6, 6.07) is 11.9. The Hall–Kier alpha value is -1.03. The van der Waals surface area contributed by atoms with Crippen LogP contribution in [0.3, 0.4) is 0 Å². The van der Waals surface area contributed by atoms with Crippen LogP contribution in [0.2, 0.25) is 5.02 Å². The first-order valence-corrected chi connectivity index (χ1v) is 7.69. The number of hydrogen-bond acceptors (Lipinski definition) is 2. The summed E-state index contributed by atoms with van der Waals surface area (Å²) >= 11 is 9.76. The van der Waals surface area contributed by atoms with Gasteiger partial charge in [0.05, 0.1) is 0 Å². The summed E-state index contributed by atoms with van der Waals surface area (Å²) in [5.41, 5.74) is 9.54. The van der Waals surface area contributed by atoms with Crippen molar-refractivity contribution in [3.05, 3.63) is 62.6 Å². The molecular formula is C16H15BrClNO. The molecule has 0 amide bonds. The molecule has 20 heavy (non-hydrogen) atoms. The molecule has 0 spiro atoms. The predicted octanol–water partition coefficient (Wildman–Crippen LogP) is 4.93. The summed E-state index contributed by atoms with van der Waals surface area (Å²) in [5, 5.41) is 0.709. The zero-order valence-electron chi connectivity index (χ0n) is 11.1. The maximum absolute atomic E-state index is 6.30. The lowest BCUT2D eigenvalue weighted by Gasteiger charge is -2.31. The van der Waals surface area contributed by atoms with Gasteiger partial charge in [-0.3, -0.25) is 0 Å². The minimum absolute atomic E-state index is 0.0290.